The summed E-state index contributed by atoms with van der Waals surface area (Å²) in [6.07, 6.45) is -4.42. The molecule has 0 fully saturated rings. The standard InChI is InChI=1S/C11H13F3N2O2/c12-11(13,14)7-18-6-10(17)16-5-8-2-1-3-9(15)4-8/h1-4H,5-7,15H2,(H,16,17). The van der Waals surface area contributed by atoms with Crippen LogP contribution in [0.4, 0.5) is 18.9 Å². The fraction of sp³-hybridized carbons (Fsp3) is 0.364. The number of amides is 1. The lowest BCUT2D eigenvalue weighted by Crippen LogP contribution is -2.29. The average molecular weight is 262 g/mol. The monoisotopic (exact) mass is 262 g/mol. The van der Waals surface area contributed by atoms with E-state index >= 15 is 0 Å². The van der Waals surface area contributed by atoms with Crippen molar-refractivity contribution in [1.29, 1.82) is 0 Å². The lowest BCUT2D eigenvalue weighted by Gasteiger charge is -2.08. The summed E-state index contributed by atoms with van der Waals surface area (Å²) in [5.41, 5.74) is 6.84. The number of hydrogen-bond donors (Lipinski definition) is 2. The normalized spacial score (nSPS) is 11.3. The predicted molar refractivity (Wildman–Crippen MR) is 59.6 cm³/mol. The summed E-state index contributed by atoms with van der Waals surface area (Å²) in [7, 11) is 0. The Morgan fingerprint density at radius 3 is 2.72 bits per heavy atom. The maximum atomic E-state index is 11.7. The first-order valence-corrected chi connectivity index (χ1v) is 5.12. The molecule has 0 saturated carbocycles. The number of nitrogens with one attached hydrogen (secondary N) is 1. The van der Waals surface area contributed by atoms with Crippen molar-refractivity contribution in [2.24, 2.45) is 0 Å². The molecular formula is C11H13F3N2O2. The van der Waals surface area contributed by atoms with E-state index < -0.39 is 25.3 Å². The number of nitrogens with two attached hydrogens (primary N) is 1. The smallest absolute Gasteiger partial charge is 0.399 e. The molecule has 0 spiro atoms. The Bertz CT molecular complexity index is 408. The number of halogens is 3. The van der Waals surface area contributed by atoms with Gasteiger partial charge in [-0.3, -0.25) is 4.79 Å². The fourth-order valence-corrected chi connectivity index (χ4v) is 1.21. The van der Waals surface area contributed by atoms with E-state index in [2.05, 4.69) is 10.1 Å². The molecule has 1 aromatic carbocycles. The number of carbonyl (C=O) groups is 1. The van der Waals surface area contributed by atoms with E-state index in [1.807, 2.05) is 0 Å². The van der Waals surface area contributed by atoms with Crippen molar-refractivity contribution in [1.82, 2.24) is 5.32 Å². The maximum Gasteiger partial charge on any atom is 0.411 e. The Balaban J connectivity index is 2.25. The summed E-state index contributed by atoms with van der Waals surface area (Å²) in [5.74, 6) is -0.610. The number of carbonyl (C=O) groups excluding carboxylic acids is 1. The molecule has 0 atom stereocenters. The van der Waals surface area contributed by atoms with E-state index in [0.29, 0.717) is 5.69 Å². The van der Waals surface area contributed by atoms with E-state index in [9.17, 15) is 18.0 Å². The number of ether oxygens (including phenoxy) is 1. The highest BCUT2D eigenvalue weighted by atomic mass is 19.4. The van der Waals surface area contributed by atoms with Gasteiger partial charge in [-0.1, -0.05) is 12.1 Å². The van der Waals surface area contributed by atoms with Crippen LogP contribution >= 0.6 is 0 Å². The van der Waals surface area contributed by atoms with E-state index in [0.717, 1.165) is 5.56 Å². The summed E-state index contributed by atoms with van der Waals surface area (Å²) in [6.45, 7) is -1.86. The SMILES string of the molecule is Nc1cccc(CNC(=O)COCC(F)(F)F)c1. The van der Waals surface area contributed by atoms with Crippen LogP contribution in [0.1, 0.15) is 5.56 Å². The molecule has 1 aromatic rings. The van der Waals surface area contributed by atoms with E-state index in [-0.39, 0.29) is 6.54 Å². The highest BCUT2D eigenvalue weighted by Crippen LogP contribution is 2.14. The number of anilines is 1. The van der Waals surface area contributed by atoms with Gasteiger partial charge >= 0.3 is 6.18 Å². The first-order valence-electron chi connectivity index (χ1n) is 5.12. The van der Waals surface area contributed by atoms with E-state index in [1.165, 1.54) is 0 Å². The second kappa shape index (κ2) is 6.25. The van der Waals surface area contributed by atoms with Crippen LogP contribution in [0.5, 0.6) is 0 Å². The Morgan fingerprint density at radius 2 is 2.11 bits per heavy atom. The Hall–Kier alpha value is -1.76. The summed E-state index contributed by atoms with van der Waals surface area (Å²) in [4.78, 5) is 11.2. The summed E-state index contributed by atoms with van der Waals surface area (Å²) in [5, 5.41) is 2.43. The molecule has 100 valence electrons. The van der Waals surface area contributed by atoms with Gasteiger partial charge in [0.1, 0.15) is 13.2 Å². The fourth-order valence-electron chi connectivity index (χ4n) is 1.21. The largest absolute Gasteiger partial charge is 0.411 e. The van der Waals surface area contributed by atoms with Crippen molar-refractivity contribution in [2.75, 3.05) is 18.9 Å². The molecule has 7 heteroatoms. The predicted octanol–water partition coefficient (Wildman–Crippen LogP) is 1.46. The van der Waals surface area contributed by atoms with E-state index in [1.54, 1.807) is 24.3 Å². The van der Waals surface area contributed by atoms with Crippen molar-refractivity contribution in [3.63, 3.8) is 0 Å². The maximum absolute atomic E-state index is 11.7. The Labute approximate surface area is 102 Å². The molecule has 3 N–H and O–H groups in total. The number of nitrogen functional groups attached to an aromatic ring is 1. The minimum absolute atomic E-state index is 0.194. The minimum Gasteiger partial charge on any atom is -0.399 e. The van der Waals surface area contributed by atoms with Gasteiger partial charge in [0.25, 0.3) is 0 Å². The molecule has 4 nitrogen and oxygen atoms in total. The van der Waals surface area contributed by atoms with Crippen molar-refractivity contribution >= 4 is 11.6 Å². The lowest BCUT2D eigenvalue weighted by atomic mass is 10.2. The van der Waals surface area contributed by atoms with Crippen LogP contribution in [0, 0.1) is 0 Å². The van der Waals surface area contributed by atoms with Gasteiger partial charge in [0.15, 0.2) is 0 Å². The molecule has 0 aromatic heterocycles. The Kier molecular flexibility index (Phi) is 4.96. The summed E-state index contributed by atoms with van der Waals surface area (Å²) >= 11 is 0. The molecule has 18 heavy (non-hydrogen) atoms. The van der Waals surface area contributed by atoms with Crippen molar-refractivity contribution < 1.29 is 22.7 Å². The minimum atomic E-state index is -4.42. The summed E-state index contributed by atoms with van der Waals surface area (Å²) < 4.78 is 39.4. The van der Waals surface area contributed by atoms with Crippen LogP contribution in [-0.2, 0) is 16.1 Å². The number of alkyl halides is 3. The van der Waals surface area contributed by atoms with Crippen LogP contribution in [0.2, 0.25) is 0 Å². The van der Waals surface area contributed by atoms with Crippen molar-refractivity contribution in [3.8, 4) is 0 Å². The van der Waals surface area contributed by atoms with Gasteiger partial charge in [-0.2, -0.15) is 13.2 Å². The molecule has 0 radical (unpaired) electrons. The topological polar surface area (TPSA) is 64.3 Å². The summed E-state index contributed by atoms with van der Waals surface area (Å²) in [6, 6.07) is 6.82. The van der Waals surface area contributed by atoms with Crippen LogP contribution in [0.25, 0.3) is 0 Å². The highest BCUT2D eigenvalue weighted by Gasteiger charge is 2.27. The molecule has 0 aliphatic rings. The van der Waals surface area contributed by atoms with Crippen LogP contribution < -0.4 is 11.1 Å². The molecule has 1 amide bonds. The first kappa shape index (κ1) is 14.3. The molecule has 0 aliphatic heterocycles. The quantitative estimate of drug-likeness (QED) is 0.790. The van der Waals surface area contributed by atoms with Gasteiger partial charge in [-0.15, -0.1) is 0 Å². The zero-order chi connectivity index (χ0) is 13.6. The van der Waals surface area contributed by atoms with Gasteiger partial charge in [-0.25, -0.2) is 0 Å². The van der Waals surface area contributed by atoms with Gasteiger partial charge in [0.05, 0.1) is 0 Å². The van der Waals surface area contributed by atoms with Crippen LogP contribution in [0.15, 0.2) is 24.3 Å². The number of hydrogen-bond acceptors (Lipinski definition) is 3. The molecule has 0 unspecified atom stereocenters. The second-order valence-corrected chi connectivity index (χ2v) is 3.63. The molecule has 0 bridgehead atoms. The number of benzene rings is 1. The first-order chi connectivity index (χ1) is 8.37. The molecule has 0 heterocycles. The zero-order valence-electron chi connectivity index (χ0n) is 9.46. The Morgan fingerprint density at radius 1 is 1.39 bits per heavy atom. The van der Waals surface area contributed by atoms with Gasteiger partial charge in [-0.05, 0) is 17.7 Å². The van der Waals surface area contributed by atoms with Crippen LogP contribution in [0.3, 0.4) is 0 Å². The molecule has 1 rings (SSSR count). The van der Waals surface area contributed by atoms with Crippen LogP contribution in [-0.4, -0.2) is 25.3 Å². The third-order valence-electron chi connectivity index (χ3n) is 1.94. The van der Waals surface area contributed by atoms with Gasteiger partial charge in [0, 0.05) is 12.2 Å². The third kappa shape index (κ3) is 6.09. The van der Waals surface area contributed by atoms with Crippen molar-refractivity contribution in [2.45, 2.75) is 12.7 Å². The average Bonchev–Trinajstić information content (AvgIpc) is 2.25. The van der Waals surface area contributed by atoms with Gasteiger partial charge < -0.3 is 15.8 Å². The van der Waals surface area contributed by atoms with Crippen molar-refractivity contribution in [3.05, 3.63) is 29.8 Å². The zero-order valence-corrected chi connectivity index (χ0v) is 9.46. The molecule has 0 saturated heterocycles. The van der Waals surface area contributed by atoms with E-state index in [4.69, 9.17) is 5.73 Å². The highest BCUT2D eigenvalue weighted by molar-refractivity contribution is 5.77. The lowest BCUT2D eigenvalue weighted by molar-refractivity contribution is -0.175. The molecule has 0 aliphatic carbocycles. The number of rotatable bonds is 5. The van der Waals surface area contributed by atoms with Gasteiger partial charge in [0.2, 0.25) is 5.91 Å². The third-order valence-corrected chi connectivity index (χ3v) is 1.94. The molecular weight excluding hydrogens is 249 g/mol. The second-order valence-electron chi connectivity index (χ2n) is 3.63.